The predicted molar refractivity (Wildman–Crippen MR) is 60.2 cm³/mol. The molecule has 0 aliphatic heterocycles. The van der Waals surface area contributed by atoms with Crippen molar-refractivity contribution < 1.29 is 9.84 Å². The molecule has 16 heavy (non-hydrogen) atoms. The Morgan fingerprint density at radius 3 is 2.94 bits per heavy atom. The van der Waals surface area contributed by atoms with Crippen molar-refractivity contribution in [3.05, 3.63) is 47.8 Å². The molecule has 1 aromatic heterocycles. The second kappa shape index (κ2) is 4.81. The van der Waals surface area contributed by atoms with E-state index in [0.29, 0.717) is 6.54 Å². The van der Waals surface area contributed by atoms with Crippen LogP contribution in [0, 0.1) is 0 Å². The van der Waals surface area contributed by atoms with Gasteiger partial charge in [-0.15, -0.1) is 0 Å². The summed E-state index contributed by atoms with van der Waals surface area (Å²) < 4.78 is 6.94. The maximum atomic E-state index is 8.93. The van der Waals surface area contributed by atoms with E-state index in [4.69, 9.17) is 9.84 Å². The Hall–Kier alpha value is -1.81. The van der Waals surface area contributed by atoms with Crippen molar-refractivity contribution >= 4 is 0 Å². The van der Waals surface area contributed by atoms with Crippen LogP contribution < -0.4 is 4.74 Å². The Bertz CT molecular complexity index is 466. The van der Waals surface area contributed by atoms with Crippen LogP contribution in [0.4, 0.5) is 0 Å². The van der Waals surface area contributed by atoms with Crippen molar-refractivity contribution in [1.82, 2.24) is 9.78 Å². The number of ether oxygens (including phenoxy) is 1. The molecule has 0 atom stereocenters. The monoisotopic (exact) mass is 218 g/mol. The van der Waals surface area contributed by atoms with Gasteiger partial charge in [-0.05, 0) is 17.7 Å². The van der Waals surface area contributed by atoms with Crippen molar-refractivity contribution in [3.8, 4) is 5.75 Å². The standard InChI is InChI=1S/C12H14N2O2/c1-16-12-4-2-3-10(5-12)7-14-8-11(9-15)6-13-14/h2-6,8,15H,7,9H2,1H3. The lowest BCUT2D eigenvalue weighted by Gasteiger charge is -2.04. The molecule has 0 aliphatic rings. The average Bonchev–Trinajstić information content (AvgIpc) is 2.77. The van der Waals surface area contributed by atoms with Gasteiger partial charge in [0, 0.05) is 11.8 Å². The fourth-order valence-electron chi connectivity index (χ4n) is 1.53. The number of aromatic nitrogens is 2. The van der Waals surface area contributed by atoms with E-state index < -0.39 is 0 Å². The third kappa shape index (κ3) is 2.41. The average molecular weight is 218 g/mol. The fraction of sp³-hybridized carbons (Fsp3) is 0.250. The van der Waals surface area contributed by atoms with Gasteiger partial charge in [-0.1, -0.05) is 12.1 Å². The summed E-state index contributed by atoms with van der Waals surface area (Å²) in [6.07, 6.45) is 3.50. The van der Waals surface area contributed by atoms with Crippen LogP contribution in [0.15, 0.2) is 36.7 Å². The molecular formula is C12H14N2O2. The summed E-state index contributed by atoms with van der Waals surface area (Å²) in [5.74, 6) is 0.840. The molecule has 1 N–H and O–H groups in total. The van der Waals surface area contributed by atoms with Gasteiger partial charge in [0.1, 0.15) is 5.75 Å². The van der Waals surface area contributed by atoms with Crippen LogP contribution in [0.25, 0.3) is 0 Å². The number of rotatable bonds is 4. The van der Waals surface area contributed by atoms with Crippen molar-refractivity contribution in [3.63, 3.8) is 0 Å². The molecule has 0 saturated heterocycles. The first kappa shape index (κ1) is 10.7. The van der Waals surface area contributed by atoms with Gasteiger partial charge in [-0.2, -0.15) is 5.10 Å². The highest BCUT2D eigenvalue weighted by atomic mass is 16.5. The smallest absolute Gasteiger partial charge is 0.119 e. The minimum Gasteiger partial charge on any atom is -0.497 e. The van der Waals surface area contributed by atoms with Crippen LogP contribution in [-0.4, -0.2) is 22.0 Å². The Balaban J connectivity index is 2.13. The fourth-order valence-corrected chi connectivity index (χ4v) is 1.53. The van der Waals surface area contributed by atoms with Crippen LogP contribution in [0.2, 0.25) is 0 Å². The first-order chi connectivity index (χ1) is 7.81. The van der Waals surface area contributed by atoms with Crippen molar-refractivity contribution in [2.24, 2.45) is 0 Å². The molecule has 0 aliphatic carbocycles. The van der Waals surface area contributed by atoms with Gasteiger partial charge in [0.05, 0.1) is 26.5 Å². The van der Waals surface area contributed by atoms with E-state index in [-0.39, 0.29) is 6.61 Å². The molecule has 1 heterocycles. The molecular weight excluding hydrogens is 204 g/mol. The Labute approximate surface area is 94.1 Å². The summed E-state index contributed by atoms with van der Waals surface area (Å²) in [5.41, 5.74) is 1.94. The van der Waals surface area contributed by atoms with Gasteiger partial charge in [0.15, 0.2) is 0 Å². The zero-order valence-electron chi connectivity index (χ0n) is 9.13. The Kier molecular flexibility index (Phi) is 3.22. The number of nitrogens with zero attached hydrogens (tertiary/aromatic N) is 2. The van der Waals surface area contributed by atoms with E-state index in [0.717, 1.165) is 16.9 Å². The molecule has 2 aromatic rings. The van der Waals surface area contributed by atoms with Gasteiger partial charge in [-0.25, -0.2) is 0 Å². The maximum absolute atomic E-state index is 8.93. The number of hydrogen-bond acceptors (Lipinski definition) is 3. The van der Waals surface area contributed by atoms with Gasteiger partial charge in [-0.3, -0.25) is 4.68 Å². The zero-order chi connectivity index (χ0) is 11.4. The largest absolute Gasteiger partial charge is 0.497 e. The van der Waals surface area contributed by atoms with Gasteiger partial charge < -0.3 is 9.84 Å². The molecule has 4 heteroatoms. The molecule has 0 unspecified atom stereocenters. The summed E-state index contributed by atoms with van der Waals surface area (Å²) in [6.45, 7) is 0.704. The van der Waals surface area contributed by atoms with E-state index in [1.165, 1.54) is 0 Å². The lowest BCUT2D eigenvalue weighted by Crippen LogP contribution is -2.00. The third-order valence-electron chi connectivity index (χ3n) is 2.35. The molecule has 84 valence electrons. The van der Waals surface area contributed by atoms with Crippen molar-refractivity contribution in [2.75, 3.05) is 7.11 Å². The summed E-state index contributed by atoms with van der Waals surface area (Å²) in [7, 11) is 1.65. The van der Waals surface area contributed by atoms with Gasteiger partial charge in [0.2, 0.25) is 0 Å². The number of aliphatic hydroxyl groups is 1. The Morgan fingerprint density at radius 2 is 2.25 bits per heavy atom. The summed E-state index contributed by atoms with van der Waals surface area (Å²) in [5, 5.41) is 13.1. The first-order valence-electron chi connectivity index (χ1n) is 5.07. The van der Waals surface area contributed by atoms with Gasteiger partial charge >= 0.3 is 0 Å². The molecule has 1 aromatic carbocycles. The number of benzene rings is 1. The third-order valence-corrected chi connectivity index (χ3v) is 2.35. The minimum atomic E-state index is 0.0259. The van der Waals surface area contributed by atoms with Crippen LogP contribution >= 0.6 is 0 Å². The van der Waals surface area contributed by atoms with E-state index in [2.05, 4.69) is 5.10 Å². The lowest BCUT2D eigenvalue weighted by atomic mass is 10.2. The predicted octanol–water partition coefficient (Wildman–Crippen LogP) is 1.43. The second-order valence-corrected chi connectivity index (χ2v) is 3.56. The topological polar surface area (TPSA) is 47.3 Å². The highest BCUT2D eigenvalue weighted by Crippen LogP contribution is 2.13. The van der Waals surface area contributed by atoms with Crippen LogP contribution in [0.1, 0.15) is 11.1 Å². The van der Waals surface area contributed by atoms with Crippen molar-refractivity contribution in [2.45, 2.75) is 13.2 Å². The van der Waals surface area contributed by atoms with Crippen molar-refractivity contribution in [1.29, 1.82) is 0 Å². The zero-order valence-corrected chi connectivity index (χ0v) is 9.13. The quantitative estimate of drug-likeness (QED) is 0.844. The molecule has 4 nitrogen and oxygen atoms in total. The molecule has 0 spiro atoms. The molecule has 0 amide bonds. The number of methoxy groups -OCH3 is 1. The molecule has 0 saturated carbocycles. The summed E-state index contributed by atoms with van der Waals surface area (Å²) in [6, 6.07) is 7.85. The SMILES string of the molecule is COc1cccc(Cn2cc(CO)cn2)c1. The number of hydrogen-bond donors (Lipinski definition) is 1. The number of aliphatic hydroxyl groups excluding tert-OH is 1. The van der Waals surface area contributed by atoms with Crippen LogP contribution in [0.5, 0.6) is 5.75 Å². The summed E-state index contributed by atoms with van der Waals surface area (Å²) >= 11 is 0. The molecule has 0 bridgehead atoms. The van der Waals surface area contributed by atoms with E-state index in [1.807, 2.05) is 30.5 Å². The van der Waals surface area contributed by atoms with Gasteiger partial charge in [0.25, 0.3) is 0 Å². The molecule has 2 rings (SSSR count). The minimum absolute atomic E-state index is 0.0259. The van der Waals surface area contributed by atoms with E-state index >= 15 is 0 Å². The van der Waals surface area contributed by atoms with Crippen LogP contribution in [-0.2, 0) is 13.2 Å². The first-order valence-corrected chi connectivity index (χ1v) is 5.07. The normalized spacial score (nSPS) is 10.4. The Morgan fingerprint density at radius 1 is 1.38 bits per heavy atom. The molecule has 0 fully saturated rings. The van der Waals surface area contributed by atoms with E-state index in [9.17, 15) is 0 Å². The highest BCUT2D eigenvalue weighted by molar-refractivity contribution is 5.28. The highest BCUT2D eigenvalue weighted by Gasteiger charge is 2.00. The van der Waals surface area contributed by atoms with E-state index in [1.54, 1.807) is 18.0 Å². The maximum Gasteiger partial charge on any atom is 0.119 e. The lowest BCUT2D eigenvalue weighted by molar-refractivity contribution is 0.281. The second-order valence-electron chi connectivity index (χ2n) is 3.56. The molecule has 0 radical (unpaired) electrons. The summed E-state index contributed by atoms with van der Waals surface area (Å²) in [4.78, 5) is 0. The van der Waals surface area contributed by atoms with Crippen LogP contribution in [0.3, 0.4) is 0 Å².